The summed E-state index contributed by atoms with van der Waals surface area (Å²) in [6.07, 6.45) is 0.939. The topological polar surface area (TPSA) is 64.6 Å². The second-order valence-corrected chi connectivity index (χ2v) is 5.32. The molecular weight excluding hydrogens is 306 g/mol. The molecule has 0 radical (unpaired) electrons. The highest BCUT2D eigenvalue weighted by Gasteiger charge is 2.09. The van der Waals surface area contributed by atoms with Gasteiger partial charge in [0.1, 0.15) is 11.5 Å². The molecule has 5 nitrogen and oxygen atoms in total. The molecule has 1 amide bonds. The molecule has 0 saturated carbocycles. The third kappa shape index (κ3) is 5.43. The predicted molar refractivity (Wildman–Crippen MR) is 91.1 cm³/mol. The maximum atomic E-state index is 12.1. The predicted octanol–water partition coefficient (Wildman–Crippen LogP) is 3.33. The van der Waals surface area contributed by atoms with E-state index in [4.69, 9.17) is 9.47 Å². The fraction of sp³-hybridized carbons (Fsp3) is 0.263. The third-order valence-corrected chi connectivity index (χ3v) is 3.24. The highest BCUT2D eigenvalue weighted by Crippen LogP contribution is 2.19. The van der Waals surface area contributed by atoms with E-state index < -0.39 is 5.97 Å². The van der Waals surface area contributed by atoms with Gasteiger partial charge in [-0.25, -0.2) is 4.79 Å². The Balaban J connectivity index is 1.92. The van der Waals surface area contributed by atoms with Crippen molar-refractivity contribution in [1.82, 2.24) is 5.32 Å². The van der Waals surface area contributed by atoms with Crippen LogP contribution in [0, 0.1) is 0 Å². The highest BCUT2D eigenvalue weighted by atomic mass is 16.5. The average molecular weight is 327 g/mol. The summed E-state index contributed by atoms with van der Waals surface area (Å²) in [7, 11) is 0. The lowest BCUT2D eigenvalue weighted by Gasteiger charge is -2.08. The van der Waals surface area contributed by atoms with Gasteiger partial charge in [-0.05, 0) is 48.4 Å². The van der Waals surface area contributed by atoms with E-state index in [-0.39, 0.29) is 5.91 Å². The summed E-state index contributed by atoms with van der Waals surface area (Å²) < 4.78 is 10.8. The number of carbonyl (C=O) groups is 2. The zero-order valence-corrected chi connectivity index (χ0v) is 13.9. The molecule has 0 aliphatic rings. The Morgan fingerprint density at radius 2 is 1.58 bits per heavy atom. The molecule has 0 fully saturated rings. The summed E-state index contributed by atoms with van der Waals surface area (Å²) >= 11 is 0. The van der Waals surface area contributed by atoms with Crippen LogP contribution in [0.3, 0.4) is 0 Å². The highest BCUT2D eigenvalue weighted by molar-refractivity contribution is 5.91. The number of hydrogen-bond donors (Lipinski definition) is 1. The van der Waals surface area contributed by atoms with Crippen LogP contribution in [0.15, 0.2) is 48.5 Å². The van der Waals surface area contributed by atoms with E-state index >= 15 is 0 Å². The van der Waals surface area contributed by atoms with Crippen LogP contribution in [-0.4, -0.2) is 18.5 Å². The standard InChI is InChI=1S/C19H21NO4/c1-3-12-23-17-8-10-18(11-9-17)24-19(22)16-6-4-15(5-7-16)13-20-14(2)21/h4-11H,3,12-13H2,1-2H3,(H,20,21). The number of esters is 1. The first-order chi connectivity index (χ1) is 11.6. The van der Waals surface area contributed by atoms with E-state index in [0.717, 1.165) is 17.7 Å². The van der Waals surface area contributed by atoms with Gasteiger partial charge in [-0.3, -0.25) is 4.79 Å². The molecule has 2 aromatic rings. The van der Waals surface area contributed by atoms with Gasteiger partial charge >= 0.3 is 5.97 Å². The molecular formula is C19H21NO4. The van der Waals surface area contributed by atoms with Gasteiger partial charge in [0.2, 0.25) is 5.91 Å². The van der Waals surface area contributed by atoms with Crippen molar-refractivity contribution in [2.75, 3.05) is 6.61 Å². The maximum Gasteiger partial charge on any atom is 0.343 e. The molecule has 0 unspecified atom stereocenters. The van der Waals surface area contributed by atoms with Crippen LogP contribution >= 0.6 is 0 Å². The molecule has 2 rings (SSSR count). The summed E-state index contributed by atoms with van der Waals surface area (Å²) in [5, 5.41) is 2.70. The number of benzene rings is 2. The summed E-state index contributed by atoms with van der Waals surface area (Å²) in [5.74, 6) is 0.693. The first-order valence-corrected chi connectivity index (χ1v) is 7.87. The van der Waals surface area contributed by atoms with Crippen molar-refractivity contribution in [2.45, 2.75) is 26.8 Å². The van der Waals surface area contributed by atoms with E-state index in [2.05, 4.69) is 5.32 Å². The van der Waals surface area contributed by atoms with E-state index in [9.17, 15) is 9.59 Å². The lowest BCUT2D eigenvalue weighted by molar-refractivity contribution is -0.119. The zero-order chi connectivity index (χ0) is 17.4. The molecule has 0 aliphatic carbocycles. The number of carbonyl (C=O) groups excluding carboxylic acids is 2. The van der Waals surface area contributed by atoms with Gasteiger partial charge in [0.25, 0.3) is 0 Å². The van der Waals surface area contributed by atoms with Gasteiger partial charge in [0, 0.05) is 13.5 Å². The second kappa shape index (κ2) is 8.72. The normalized spacial score (nSPS) is 10.1. The van der Waals surface area contributed by atoms with E-state index in [1.165, 1.54) is 6.92 Å². The van der Waals surface area contributed by atoms with Gasteiger partial charge in [-0.1, -0.05) is 19.1 Å². The zero-order valence-electron chi connectivity index (χ0n) is 13.9. The van der Waals surface area contributed by atoms with Crippen molar-refractivity contribution < 1.29 is 19.1 Å². The summed E-state index contributed by atoms with van der Waals surface area (Å²) in [6, 6.07) is 13.9. The van der Waals surface area contributed by atoms with Gasteiger partial charge < -0.3 is 14.8 Å². The molecule has 0 bridgehead atoms. The molecule has 126 valence electrons. The largest absolute Gasteiger partial charge is 0.494 e. The minimum absolute atomic E-state index is 0.0927. The Kier molecular flexibility index (Phi) is 6.37. The van der Waals surface area contributed by atoms with Gasteiger partial charge in [-0.15, -0.1) is 0 Å². The molecule has 0 aliphatic heterocycles. The molecule has 0 saturated heterocycles. The number of hydrogen-bond acceptors (Lipinski definition) is 4. The van der Waals surface area contributed by atoms with Crippen LogP contribution < -0.4 is 14.8 Å². The summed E-state index contributed by atoms with van der Waals surface area (Å²) in [6.45, 7) is 4.59. The maximum absolute atomic E-state index is 12.1. The molecule has 0 spiro atoms. The number of rotatable bonds is 7. The fourth-order valence-corrected chi connectivity index (χ4v) is 1.98. The number of amides is 1. The quantitative estimate of drug-likeness (QED) is 0.626. The van der Waals surface area contributed by atoms with Crippen molar-refractivity contribution in [1.29, 1.82) is 0 Å². The van der Waals surface area contributed by atoms with Crippen LogP contribution in [0.2, 0.25) is 0 Å². The monoisotopic (exact) mass is 327 g/mol. The molecule has 1 N–H and O–H groups in total. The van der Waals surface area contributed by atoms with Crippen molar-refractivity contribution >= 4 is 11.9 Å². The Labute approximate surface area is 141 Å². The average Bonchev–Trinajstić information content (AvgIpc) is 2.59. The van der Waals surface area contributed by atoms with Crippen molar-refractivity contribution in [2.24, 2.45) is 0 Å². The van der Waals surface area contributed by atoms with Crippen LogP contribution in [0.5, 0.6) is 11.5 Å². The Morgan fingerprint density at radius 3 is 2.17 bits per heavy atom. The van der Waals surface area contributed by atoms with Crippen molar-refractivity contribution in [3.05, 3.63) is 59.7 Å². The minimum atomic E-state index is -0.427. The summed E-state index contributed by atoms with van der Waals surface area (Å²) in [4.78, 5) is 23.0. The second-order valence-electron chi connectivity index (χ2n) is 5.32. The van der Waals surface area contributed by atoms with Gasteiger partial charge in [-0.2, -0.15) is 0 Å². The Bertz CT molecular complexity index is 678. The van der Waals surface area contributed by atoms with Gasteiger partial charge in [0.15, 0.2) is 0 Å². The van der Waals surface area contributed by atoms with Crippen LogP contribution in [-0.2, 0) is 11.3 Å². The smallest absolute Gasteiger partial charge is 0.343 e. The molecule has 2 aromatic carbocycles. The van der Waals surface area contributed by atoms with E-state index in [1.807, 2.05) is 6.92 Å². The van der Waals surface area contributed by atoms with Crippen molar-refractivity contribution in [3.8, 4) is 11.5 Å². The Hall–Kier alpha value is -2.82. The minimum Gasteiger partial charge on any atom is -0.494 e. The molecule has 0 aromatic heterocycles. The van der Waals surface area contributed by atoms with Crippen LogP contribution in [0.1, 0.15) is 36.2 Å². The van der Waals surface area contributed by atoms with E-state index in [0.29, 0.717) is 24.5 Å². The number of nitrogens with one attached hydrogen (secondary N) is 1. The van der Waals surface area contributed by atoms with Crippen molar-refractivity contribution in [3.63, 3.8) is 0 Å². The molecule has 0 atom stereocenters. The first-order valence-electron chi connectivity index (χ1n) is 7.87. The van der Waals surface area contributed by atoms with Crippen LogP contribution in [0.4, 0.5) is 0 Å². The Morgan fingerprint density at radius 1 is 0.958 bits per heavy atom. The van der Waals surface area contributed by atoms with Gasteiger partial charge in [0.05, 0.1) is 12.2 Å². The van der Waals surface area contributed by atoms with E-state index in [1.54, 1.807) is 48.5 Å². The first kappa shape index (κ1) is 17.5. The molecule has 0 heterocycles. The third-order valence-electron chi connectivity index (χ3n) is 3.24. The lowest BCUT2D eigenvalue weighted by Crippen LogP contribution is -2.18. The lowest BCUT2D eigenvalue weighted by atomic mass is 10.1. The summed E-state index contributed by atoms with van der Waals surface area (Å²) in [5.41, 5.74) is 1.37. The SMILES string of the molecule is CCCOc1ccc(OC(=O)c2ccc(CNC(C)=O)cc2)cc1. The number of ether oxygens (including phenoxy) is 2. The van der Waals surface area contributed by atoms with Crippen LogP contribution in [0.25, 0.3) is 0 Å². The molecule has 24 heavy (non-hydrogen) atoms. The fourth-order valence-electron chi connectivity index (χ4n) is 1.98. The molecule has 5 heteroatoms.